The van der Waals surface area contributed by atoms with Crippen molar-refractivity contribution in [1.29, 1.82) is 0 Å². The normalized spacial score (nSPS) is 13.2. The lowest BCUT2D eigenvalue weighted by Gasteiger charge is -2.32. The van der Waals surface area contributed by atoms with E-state index in [0.29, 0.717) is 24.6 Å². The zero-order valence-electron chi connectivity index (χ0n) is 12.4. The number of nitrogens with zero attached hydrogens (tertiary/aromatic N) is 1. The molecule has 1 aromatic carbocycles. The lowest BCUT2D eigenvalue weighted by atomic mass is 10.0. The highest BCUT2D eigenvalue weighted by atomic mass is 19.1. The van der Waals surface area contributed by atoms with Crippen molar-refractivity contribution < 1.29 is 13.5 Å². The van der Waals surface area contributed by atoms with Gasteiger partial charge in [-0.05, 0) is 24.1 Å². The van der Waals surface area contributed by atoms with Crippen molar-refractivity contribution in [1.82, 2.24) is 4.90 Å². The average molecular weight is 286 g/mol. The highest BCUT2D eigenvalue weighted by Crippen LogP contribution is 2.24. The number of nitrogens with two attached hydrogens (primary N) is 1. The van der Waals surface area contributed by atoms with Crippen LogP contribution < -0.4 is 5.73 Å². The minimum atomic E-state index is -0.448. The molecule has 0 radical (unpaired) electrons. The van der Waals surface area contributed by atoms with Crippen molar-refractivity contribution in [2.24, 2.45) is 11.7 Å². The fourth-order valence-corrected chi connectivity index (χ4v) is 2.29. The Labute approximate surface area is 119 Å². The van der Waals surface area contributed by atoms with Gasteiger partial charge in [-0.15, -0.1) is 0 Å². The summed E-state index contributed by atoms with van der Waals surface area (Å²) in [5, 5.41) is 0. The summed E-state index contributed by atoms with van der Waals surface area (Å²) in [6, 6.07) is 3.15. The van der Waals surface area contributed by atoms with E-state index in [0.717, 1.165) is 18.7 Å². The molecule has 114 valence electrons. The molecular formula is C15H24F2N2O. The molecule has 1 aromatic rings. The van der Waals surface area contributed by atoms with Crippen LogP contribution in [-0.2, 0) is 4.74 Å². The zero-order valence-corrected chi connectivity index (χ0v) is 12.4. The quantitative estimate of drug-likeness (QED) is 0.798. The molecule has 0 aromatic heterocycles. The van der Waals surface area contributed by atoms with Crippen LogP contribution in [0.1, 0.15) is 25.5 Å². The molecular weight excluding hydrogens is 262 g/mol. The lowest BCUT2D eigenvalue weighted by molar-refractivity contribution is 0.110. The van der Waals surface area contributed by atoms with Crippen LogP contribution in [0.3, 0.4) is 0 Å². The Morgan fingerprint density at radius 1 is 1.30 bits per heavy atom. The highest BCUT2D eigenvalue weighted by molar-refractivity contribution is 5.23. The van der Waals surface area contributed by atoms with E-state index >= 15 is 0 Å². The molecule has 0 saturated heterocycles. The largest absolute Gasteiger partial charge is 0.383 e. The SMILES string of the molecule is COCCN(CC(C)C)C(CN)c1cc(F)ccc1F. The summed E-state index contributed by atoms with van der Waals surface area (Å²) in [4.78, 5) is 2.05. The molecule has 3 nitrogen and oxygen atoms in total. The number of ether oxygens (including phenoxy) is 1. The van der Waals surface area contributed by atoms with Crippen molar-refractivity contribution >= 4 is 0 Å². The van der Waals surface area contributed by atoms with Crippen LogP contribution in [-0.4, -0.2) is 38.3 Å². The first-order chi connectivity index (χ1) is 9.49. The van der Waals surface area contributed by atoms with E-state index in [2.05, 4.69) is 13.8 Å². The first kappa shape index (κ1) is 17.0. The molecule has 0 saturated carbocycles. The van der Waals surface area contributed by atoms with E-state index in [-0.39, 0.29) is 12.6 Å². The molecule has 0 bridgehead atoms. The van der Waals surface area contributed by atoms with Crippen molar-refractivity contribution in [3.8, 4) is 0 Å². The molecule has 20 heavy (non-hydrogen) atoms. The molecule has 2 N–H and O–H groups in total. The molecule has 0 aliphatic carbocycles. The van der Waals surface area contributed by atoms with Crippen LogP contribution in [0.4, 0.5) is 8.78 Å². The van der Waals surface area contributed by atoms with Crippen molar-refractivity contribution in [2.45, 2.75) is 19.9 Å². The first-order valence-corrected chi connectivity index (χ1v) is 6.87. The topological polar surface area (TPSA) is 38.5 Å². The lowest BCUT2D eigenvalue weighted by Crippen LogP contribution is -2.39. The maximum absolute atomic E-state index is 13.9. The van der Waals surface area contributed by atoms with Crippen LogP contribution >= 0.6 is 0 Å². The van der Waals surface area contributed by atoms with Crippen LogP contribution in [0.15, 0.2) is 18.2 Å². The molecule has 0 aliphatic heterocycles. The Morgan fingerprint density at radius 2 is 2.00 bits per heavy atom. The summed E-state index contributed by atoms with van der Waals surface area (Å²) in [5.41, 5.74) is 6.11. The predicted molar refractivity (Wildman–Crippen MR) is 76.4 cm³/mol. The number of rotatable bonds is 8. The minimum absolute atomic E-state index is 0.233. The standard InChI is InChI=1S/C15H24F2N2O/c1-11(2)10-19(6-7-20-3)15(9-18)13-8-12(16)4-5-14(13)17/h4-5,8,11,15H,6-7,9-10,18H2,1-3H3. The Kier molecular flexibility index (Phi) is 7.05. The Bertz CT molecular complexity index is 413. The summed E-state index contributed by atoms with van der Waals surface area (Å²) >= 11 is 0. The van der Waals surface area contributed by atoms with Gasteiger partial charge in [0.2, 0.25) is 0 Å². The molecule has 0 heterocycles. The van der Waals surface area contributed by atoms with Gasteiger partial charge in [-0.3, -0.25) is 4.90 Å². The van der Waals surface area contributed by atoms with Crippen molar-refractivity contribution in [3.05, 3.63) is 35.4 Å². The Balaban J connectivity index is 3.01. The second-order valence-corrected chi connectivity index (χ2v) is 5.30. The van der Waals surface area contributed by atoms with Crippen LogP contribution in [0.2, 0.25) is 0 Å². The third-order valence-electron chi connectivity index (χ3n) is 3.16. The highest BCUT2D eigenvalue weighted by Gasteiger charge is 2.23. The van der Waals surface area contributed by atoms with E-state index in [1.54, 1.807) is 7.11 Å². The summed E-state index contributed by atoms with van der Waals surface area (Å²) < 4.78 is 32.4. The number of benzene rings is 1. The van der Waals surface area contributed by atoms with E-state index in [1.165, 1.54) is 6.07 Å². The Hall–Kier alpha value is -1.04. The molecule has 1 atom stereocenters. The maximum Gasteiger partial charge on any atom is 0.128 e. The van der Waals surface area contributed by atoms with Gasteiger partial charge in [0.15, 0.2) is 0 Å². The van der Waals surface area contributed by atoms with Gasteiger partial charge >= 0.3 is 0 Å². The van der Waals surface area contributed by atoms with Crippen LogP contribution in [0, 0.1) is 17.6 Å². The van der Waals surface area contributed by atoms with Gasteiger partial charge in [0.25, 0.3) is 0 Å². The molecule has 0 aliphatic rings. The average Bonchev–Trinajstić information content (AvgIpc) is 2.40. The van der Waals surface area contributed by atoms with Crippen molar-refractivity contribution in [3.63, 3.8) is 0 Å². The molecule has 0 spiro atoms. The number of hydrogen-bond acceptors (Lipinski definition) is 3. The van der Waals surface area contributed by atoms with E-state index < -0.39 is 11.6 Å². The molecule has 1 rings (SSSR count). The summed E-state index contributed by atoms with van der Waals surface area (Å²) in [6.45, 7) is 6.30. The molecule has 0 amide bonds. The minimum Gasteiger partial charge on any atom is -0.383 e. The smallest absolute Gasteiger partial charge is 0.128 e. The summed E-state index contributed by atoms with van der Waals surface area (Å²) in [6.07, 6.45) is 0. The van der Waals surface area contributed by atoms with E-state index in [9.17, 15) is 8.78 Å². The van der Waals surface area contributed by atoms with Gasteiger partial charge in [0, 0.05) is 32.3 Å². The summed E-state index contributed by atoms with van der Waals surface area (Å²) in [7, 11) is 1.62. The van der Waals surface area contributed by atoms with E-state index in [4.69, 9.17) is 10.5 Å². The zero-order chi connectivity index (χ0) is 15.1. The fraction of sp³-hybridized carbons (Fsp3) is 0.600. The van der Waals surface area contributed by atoms with Gasteiger partial charge in [0.05, 0.1) is 12.6 Å². The third-order valence-corrected chi connectivity index (χ3v) is 3.16. The monoisotopic (exact) mass is 286 g/mol. The van der Waals surface area contributed by atoms with Crippen LogP contribution in [0.25, 0.3) is 0 Å². The molecule has 0 fully saturated rings. The van der Waals surface area contributed by atoms with Crippen LogP contribution in [0.5, 0.6) is 0 Å². The summed E-state index contributed by atoms with van der Waals surface area (Å²) in [5.74, 6) is -0.471. The third kappa shape index (κ3) is 4.81. The molecule has 5 heteroatoms. The van der Waals surface area contributed by atoms with Crippen molar-refractivity contribution in [2.75, 3.05) is 33.4 Å². The van der Waals surface area contributed by atoms with Gasteiger partial charge < -0.3 is 10.5 Å². The second-order valence-electron chi connectivity index (χ2n) is 5.30. The predicted octanol–water partition coefficient (Wildman–Crippen LogP) is 2.57. The maximum atomic E-state index is 13.9. The number of methoxy groups -OCH3 is 1. The first-order valence-electron chi connectivity index (χ1n) is 6.87. The van der Waals surface area contributed by atoms with Gasteiger partial charge in [-0.2, -0.15) is 0 Å². The van der Waals surface area contributed by atoms with E-state index in [1.807, 2.05) is 4.90 Å². The Morgan fingerprint density at radius 3 is 2.55 bits per heavy atom. The second kappa shape index (κ2) is 8.29. The number of hydrogen-bond donors (Lipinski definition) is 1. The fourth-order valence-electron chi connectivity index (χ4n) is 2.29. The van der Waals surface area contributed by atoms with Gasteiger partial charge in [0.1, 0.15) is 11.6 Å². The van der Waals surface area contributed by atoms with Gasteiger partial charge in [-0.1, -0.05) is 13.8 Å². The number of halogens is 2. The molecule has 1 unspecified atom stereocenters. The van der Waals surface area contributed by atoms with Gasteiger partial charge in [-0.25, -0.2) is 8.78 Å².